The lowest BCUT2D eigenvalue weighted by molar-refractivity contribution is 0.372. The number of nitrogens with one attached hydrogen (secondary N) is 1. The van der Waals surface area contributed by atoms with Crippen molar-refractivity contribution in [3.05, 3.63) is 36.0 Å². The SMILES string of the molecule is Cc1noc(CN2CCNc3ccccc32)n1.Cl. The van der Waals surface area contributed by atoms with E-state index in [-0.39, 0.29) is 12.4 Å². The maximum Gasteiger partial charge on any atom is 0.246 e. The monoisotopic (exact) mass is 266 g/mol. The average molecular weight is 267 g/mol. The third kappa shape index (κ3) is 2.41. The molecule has 5 nitrogen and oxygen atoms in total. The largest absolute Gasteiger partial charge is 0.382 e. The molecule has 2 aromatic rings. The summed E-state index contributed by atoms with van der Waals surface area (Å²) in [5, 5.41) is 7.18. The van der Waals surface area contributed by atoms with Gasteiger partial charge in [0.15, 0.2) is 5.82 Å². The summed E-state index contributed by atoms with van der Waals surface area (Å²) >= 11 is 0. The quantitative estimate of drug-likeness (QED) is 0.903. The highest BCUT2D eigenvalue weighted by molar-refractivity contribution is 5.85. The van der Waals surface area contributed by atoms with Crippen LogP contribution in [0, 0.1) is 6.92 Å². The second-order valence-electron chi connectivity index (χ2n) is 4.10. The first-order valence-electron chi connectivity index (χ1n) is 5.70. The smallest absolute Gasteiger partial charge is 0.246 e. The molecule has 0 atom stereocenters. The summed E-state index contributed by atoms with van der Waals surface area (Å²) in [6, 6.07) is 8.26. The fourth-order valence-electron chi connectivity index (χ4n) is 2.08. The lowest BCUT2D eigenvalue weighted by atomic mass is 10.2. The van der Waals surface area contributed by atoms with Gasteiger partial charge in [0.1, 0.15) is 0 Å². The van der Waals surface area contributed by atoms with Crippen molar-refractivity contribution in [2.24, 2.45) is 0 Å². The van der Waals surface area contributed by atoms with Gasteiger partial charge in [0.05, 0.1) is 17.9 Å². The highest BCUT2D eigenvalue weighted by Gasteiger charge is 2.17. The van der Waals surface area contributed by atoms with Crippen molar-refractivity contribution in [2.45, 2.75) is 13.5 Å². The zero-order valence-corrected chi connectivity index (χ0v) is 10.9. The summed E-state index contributed by atoms with van der Waals surface area (Å²) in [6.07, 6.45) is 0. The van der Waals surface area contributed by atoms with E-state index in [4.69, 9.17) is 4.52 Å². The molecule has 0 spiro atoms. The number of rotatable bonds is 2. The Hall–Kier alpha value is -1.75. The van der Waals surface area contributed by atoms with Crippen LogP contribution in [0.5, 0.6) is 0 Å². The van der Waals surface area contributed by atoms with Crippen LogP contribution < -0.4 is 10.2 Å². The van der Waals surface area contributed by atoms with E-state index in [2.05, 4.69) is 32.5 Å². The number of anilines is 2. The van der Waals surface area contributed by atoms with Crippen LogP contribution >= 0.6 is 12.4 Å². The first kappa shape index (κ1) is 12.7. The van der Waals surface area contributed by atoms with E-state index in [0.29, 0.717) is 18.3 Å². The van der Waals surface area contributed by atoms with Gasteiger partial charge in [-0.05, 0) is 19.1 Å². The number of para-hydroxylation sites is 2. The van der Waals surface area contributed by atoms with Crippen molar-refractivity contribution in [1.82, 2.24) is 10.1 Å². The van der Waals surface area contributed by atoms with Gasteiger partial charge in [-0.25, -0.2) is 0 Å². The molecule has 96 valence electrons. The van der Waals surface area contributed by atoms with Gasteiger partial charge in [-0.2, -0.15) is 4.98 Å². The van der Waals surface area contributed by atoms with E-state index in [1.165, 1.54) is 5.69 Å². The Balaban J connectivity index is 0.00000120. The Morgan fingerprint density at radius 1 is 1.39 bits per heavy atom. The molecule has 1 aliphatic heterocycles. The number of halogens is 1. The number of aryl methyl sites for hydroxylation is 1. The van der Waals surface area contributed by atoms with Crippen LogP contribution in [-0.4, -0.2) is 23.2 Å². The maximum atomic E-state index is 5.16. The number of hydrogen-bond acceptors (Lipinski definition) is 5. The predicted octanol–water partition coefficient (Wildman–Crippen LogP) is 2.23. The predicted molar refractivity (Wildman–Crippen MR) is 72.3 cm³/mol. The highest BCUT2D eigenvalue weighted by Crippen LogP contribution is 2.29. The van der Waals surface area contributed by atoms with E-state index < -0.39 is 0 Å². The molecule has 2 heterocycles. The van der Waals surface area contributed by atoms with Gasteiger partial charge >= 0.3 is 0 Å². The molecule has 1 aliphatic rings. The summed E-state index contributed by atoms with van der Waals surface area (Å²) in [6.45, 7) is 4.38. The van der Waals surface area contributed by atoms with Crippen molar-refractivity contribution in [2.75, 3.05) is 23.3 Å². The van der Waals surface area contributed by atoms with Crippen molar-refractivity contribution < 1.29 is 4.52 Å². The second-order valence-corrected chi connectivity index (χ2v) is 4.10. The van der Waals surface area contributed by atoms with E-state index in [0.717, 1.165) is 18.8 Å². The first-order valence-corrected chi connectivity index (χ1v) is 5.70. The summed E-state index contributed by atoms with van der Waals surface area (Å²) in [4.78, 5) is 6.49. The summed E-state index contributed by atoms with van der Waals surface area (Å²) in [7, 11) is 0. The fourth-order valence-corrected chi connectivity index (χ4v) is 2.08. The van der Waals surface area contributed by atoms with Crippen molar-refractivity contribution in [3.8, 4) is 0 Å². The minimum absolute atomic E-state index is 0. The number of nitrogens with zero attached hydrogens (tertiary/aromatic N) is 3. The molecule has 1 N–H and O–H groups in total. The molecular formula is C12H15ClN4O. The molecule has 0 amide bonds. The van der Waals surface area contributed by atoms with Gasteiger partial charge in [0, 0.05) is 13.1 Å². The molecule has 0 saturated carbocycles. The Kier molecular flexibility index (Phi) is 3.72. The van der Waals surface area contributed by atoms with Crippen LogP contribution in [0.4, 0.5) is 11.4 Å². The van der Waals surface area contributed by atoms with Gasteiger partial charge in [-0.15, -0.1) is 12.4 Å². The zero-order valence-electron chi connectivity index (χ0n) is 10.1. The molecule has 0 radical (unpaired) electrons. The molecule has 6 heteroatoms. The van der Waals surface area contributed by atoms with E-state index in [1.807, 2.05) is 19.1 Å². The van der Waals surface area contributed by atoms with E-state index in [9.17, 15) is 0 Å². The topological polar surface area (TPSA) is 54.2 Å². The number of hydrogen-bond donors (Lipinski definition) is 1. The molecule has 0 bridgehead atoms. The van der Waals surface area contributed by atoms with E-state index >= 15 is 0 Å². The molecular weight excluding hydrogens is 252 g/mol. The van der Waals surface area contributed by atoms with Crippen LogP contribution in [0.3, 0.4) is 0 Å². The minimum Gasteiger partial charge on any atom is -0.382 e. The van der Waals surface area contributed by atoms with Gasteiger partial charge in [0.25, 0.3) is 0 Å². The maximum absolute atomic E-state index is 5.16. The Morgan fingerprint density at radius 3 is 3.00 bits per heavy atom. The third-order valence-corrected chi connectivity index (χ3v) is 2.84. The first-order chi connectivity index (χ1) is 8.33. The fraction of sp³-hybridized carbons (Fsp3) is 0.333. The van der Waals surface area contributed by atoms with Crippen molar-refractivity contribution in [1.29, 1.82) is 0 Å². The lowest BCUT2D eigenvalue weighted by Crippen LogP contribution is -2.33. The molecule has 0 saturated heterocycles. The number of benzene rings is 1. The summed E-state index contributed by atoms with van der Waals surface area (Å²) in [5.41, 5.74) is 2.35. The molecule has 0 unspecified atom stereocenters. The molecule has 1 aromatic heterocycles. The lowest BCUT2D eigenvalue weighted by Gasteiger charge is -2.30. The standard InChI is InChI=1S/C12H14N4O.ClH/c1-9-14-12(17-15-9)8-16-7-6-13-10-4-2-3-5-11(10)16;/h2-5,13H,6-8H2,1H3;1H. The van der Waals surface area contributed by atoms with Crippen LogP contribution in [0.1, 0.15) is 11.7 Å². The second kappa shape index (κ2) is 5.27. The van der Waals surface area contributed by atoms with Gasteiger partial charge in [-0.1, -0.05) is 17.3 Å². The van der Waals surface area contributed by atoms with E-state index in [1.54, 1.807) is 0 Å². The van der Waals surface area contributed by atoms with Crippen LogP contribution in [-0.2, 0) is 6.54 Å². The molecule has 1 aromatic carbocycles. The van der Waals surface area contributed by atoms with Crippen LogP contribution in [0.25, 0.3) is 0 Å². The summed E-state index contributed by atoms with van der Waals surface area (Å²) in [5.74, 6) is 1.35. The van der Waals surface area contributed by atoms with Crippen molar-refractivity contribution >= 4 is 23.8 Å². The Labute approximate surface area is 112 Å². The number of fused-ring (bicyclic) bond motifs is 1. The Bertz CT molecular complexity index is 528. The van der Waals surface area contributed by atoms with Crippen LogP contribution in [0.15, 0.2) is 28.8 Å². The van der Waals surface area contributed by atoms with Gasteiger partial charge in [0.2, 0.25) is 5.89 Å². The highest BCUT2D eigenvalue weighted by atomic mass is 35.5. The molecule has 0 aliphatic carbocycles. The van der Waals surface area contributed by atoms with Gasteiger partial charge in [-0.3, -0.25) is 0 Å². The third-order valence-electron chi connectivity index (χ3n) is 2.84. The van der Waals surface area contributed by atoms with Crippen molar-refractivity contribution in [3.63, 3.8) is 0 Å². The number of aromatic nitrogens is 2. The minimum atomic E-state index is 0. The normalized spacial score (nSPS) is 13.5. The molecule has 3 rings (SSSR count). The zero-order chi connectivity index (χ0) is 11.7. The molecule has 0 fully saturated rings. The summed E-state index contributed by atoms with van der Waals surface area (Å²) < 4.78 is 5.16. The Morgan fingerprint density at radius 2 is 2.22 bits per heavy atom. The van der Waals surface area contributed by atoms with Crippen LogP contribution in [0.2, 0.25) is 0 Å². The molecule has 18 heavy (non-hydrogen) atoms. The average Bonchev–Trinajstić information content (AvgIpc) is 2.75. The van der Waals surface area contributed by atoms with Gasteiger partial charge < -0.3 is 14.7 Å².